The van der Waals surface area contributed by atoms with Crippen LogP contribution >= 0.6 is 0 Å². The number of ether oxygens (including phenoxy) is 1. The zero-order valence-corrected chi connectivity index (χ0v) is 34.1. The minimum atomic E-state index is 0. The molecule has 0 amide bonds. The van der Waals surface area contributed by atoms with Crippen LogP contribution in [0.5, 0.6) is 11.5 Å². The van der Waals surface area contributed by atoms with E-state index in [0.717, 1.165) is 50.3 Å². The van der Waals surface area contributed by atoms with Gasteiger partial charge in [0.15, 0.2) is 0 Å². The van der Waals surface area contributed by atoms with Gasteiger partial charge in [0.2, 0.25) is 0 Å². The van der Waals surface area contributed by atoms with E-state index in [2.05, 4.69) is 166 Å². The van der Waals surface area contributed by atoms with E-state index in [9.17, 15) is 0 Å². The van der Waals surface area contributed by atoms with E-state index in [1.54, 1.807) is 0 Å². The van der Waals surface area contributed by atoms with Gasteiger partial charge in [0.25, 0.3) is 6.33 Å². The molecule has 290 valence electrons. The molecule has 3 aliphatic rings. The molecule has 1 fully saturated rings. The number of fused-ring (bicyclic) bond motifs is 15. The topological polar surface area (TPSA) is 35.9 Å². The van der Waals surface area contributed by atoms with Crippen molar-refractivity contribution in [2.75, 3.05) is 0 Å². The molecule has 2 unspecified atom stereocenters. The number of benzene rings is 7. The summed E-state index contributed by atoms with van der Waals surface area (Å²) in [5, 5.41) is 2.40. The third-order valence-electron chi connectivity index (χ3n) is 13.1. The van der Waals surface area contributed by atoms with Crippen molar-refractivity contribution in [2.45, 2.75) is 37.5 Å². The molecule has 60 heavy (non-hydrogen) atoms. The molecule has 2 aliphatic heterocycles. The molecular weight excluding hydrogens is 827 g/mol. The zero-order valence-electron chi connectivity index (χ0n) is 32.5. The van der Waals surface area contributed by atoms with Gasteiger partial charge in [-0.05, 0) is 92.4 Å². The molecule has 0 bridgehead atoms. The van der Waals surface area contributed by atoms with Crippen molar-refractivity contribution in [1.82, 2.24) is 14.1 Å². The Morgan fingerprint density at radius 2 is 1.22 bits per heavy atom. The number of rotatable bonds is 3. The number of imidazole rings is 1. The van der Waals surface area contributed by atoms with Gasteiger partial charge >= 0.3 is 0 Å². The summed E-state index contributed by atoms with van der Waals surface area (Å²) < 4.78 is 13.4. The molecule has 2 atom stereocenters. The van der Waals surface area contributed by atoms with Gasteiger partial charge < -0.3 is 13.9 Å². The van der Waals surface area contributed by atoms with Crippen LogP contribution in [0, 0.1) is 18.5 Å². The molecule has 13 rings (SSSR count). The summed E-state index contributed by atoms with van der Waals surface area (Å²) in [4.78, 5) is 5.06. The molecule has 0 saturated heterocycles. The Hall–Kier alpha value is -6.58. The van der Waals surface area contributed by atoms with Crippen LogP contribution in [0.4, 0.5) is 0 Å². The van der Waals surface area contributed by atoms with Crippen molar-refractivity contribution in [2.24, 2.45) is 0 Å². The molecule has 5 nitrogen and oxygen atoms in total. The molecule has 5 heterocycles. The Bertz CT molecular complexity index is 3360. The number of pyridine rings is 1. The van der Waals surface area contributed by atoms with Crippen molar-refractivity contribution in [3.05, 3.63) is 187 Å². The smallest absolute Gasteiger partial charge is 0.268 e. The summed E-state index contributed by atoms with van der Waals surface area (Å²) >= 11 is 0. The van der Waals surface area contributed by atoms with Crippen molar-refractivity contribution < 1.29 is 29.7 Å². The minimum absolute atomic E-state index is 0. The van der Waals surface area contributed by atoms with Crippen LogP contribution < -0.4 is 9.30 Å². The Morgan fingerprint density at radius 3 is 2.03 bits per heavy atom. The monoisotopic (exact) mass is 862 g/mol. The van der Waals surface area contributed by atoms with E-state index in [1.165, 1.54) is 70.0 Å². The van der Waals surface area contributed by atoms with E-state index >= 15 is 0 Å². The maximum atomic E-state index is 6.71. The first-order chi connectivity index (χ1) is 29.3. The molecule has 1 aliphatic carbocycles. The zero-order chi connectivity index (χ0) is 38.6. The summed E-state index contributed by atoms with van der Waals surface area (Å²) in [5.74, 6) is 3.20. The van der Waals surface area contributed by atoms with Crippen LogP contribution in [-0.2, 0) is 20.4 Å². The Balaban J connectivity index is 0.00000388. The molecule has 10 aromatic rings. The van der Waals surface area contributed by atoms with Crippen molar-refractivity contribution in [3.8, 4) is 62.1 Å². The number of aromatic nitrogens is 4. The van der Waals surface area contributed by atoms with Crippen LogP contribution in [0.25, 0.3) is 83.4 Å². The van der Waals surface area contributed by atoms with E-state index in [4.69, 9.17) is 9.72 Å². The van der Waals surface area contributed by atoms with Gasteiger partial charge in [-0.25, -0.2) is 4.98 Å². The molecule has 1 saturated carbocycles. The number of hydrogen-bond acceptors (Lipinski definition) is 2. The van der Waals surface area contributed by atoms with Crippen molar-refractivity contribution in [3.63, 3.8) is 0 Å². The SMILES string of the molecule is [Pd].[c-]1c(Oc2[c-]c3c(cc2)c2cccc4c2n3-c2ncccc2C2CCCCC42)cccc1-n1[c-][n+]2c3c(cccc31)-c1ccccc1-c1ccccc1-c1ccccc1-2. The molecule has 3 aromatic heterocycles. The van der Waals surface area contributed by atoms with Gasteiger partial charge in [-0.1, -0.05) is 128 Å². The Kier molecular flexibility index (Phi) is 8.10. The second-order valence-electron chi connectivity index (χ2n) is 16.1. The molecule has 0 radical (unpaired) electrons. The summed E-state index contributed by atoms with van der Waals surface area (Å²) in [6.45, 7) is 0. The summed E-state index contributed by atoms with van der Waals surface area (Å²) in [6, 6.07) is 61.5. The summed E-state index contributed by atoms with van der Waals surface area (Å²) in [5.41, 5.74) is 16.1. The molecular formula is C54H36N4OPd-2. The molecule has 6 heteroatoms. The average molecular weight is 863 g/mol. The number of para-hydroxylation sites is 3. The first-order valence-corrected chi connectivity index (χ1v) is 20.7. The Labute approximate surface area is 361 Å². The largest absolute Gasteiger partial charge is 0.510 e. The van der Waals surface area contributed by atoms with Crippen LogP contribution in [0.3, 0.4) is 0 Å². The van der Waals surface area contributed by atoms with E-state index in [0.29, 0.717) is 23.3 Å². The van der Waals surface area contributed by atoms with Gasteiger partial charge in [0.05, 0.1) is 16.7 Å². The van der Waals surface area contributed by atoms with Crippen molar-refractivity contribution >= 4 is 32.8 Å². The second-order valence-corrected chi connectivity index (χ2v) is 16.1. The van der Waals surface area contributed by atoms with E-state index < -0.39 is 0 Å². The minimum Gasteiger partial charge on any atom is -0.510 e. The second kappa shape index (κ2) is 13.7. The standard InChI is InChI=1S/C54H36N4O.Pd/c1-3-17-39-37(15-1)38-16-2-4-18-40(38)46-24-11-27-50-53(46)57(49-26-8-7-21-43(39)49)33-56(50)34-13-9-14-35(31-34)59-36-28-29-44-47-23-10-22-45-41-19-5-6-20-42(41)48-25-12-30-55-54(48)58(52(45)47)51(44)32-36;/h1-4,7-18,21-30,41-42H,5-6,19-20H2;/q-2;. The fourth-order valence-electron chi connectivity index (χ4n) is 10.6. The number of hydrogen-bond donors (Lipinski definition) is 0. The van der Waals surface area contributed by atoms with E-state index in [1.807, 2.05) is 24.4 Å². The fourth-order valence-corrected chi connectivity index (χ4v) is 10.6. The number of nitrogens with zero attached hydrogens (tertiary/aromatic N) is 4. The first kappa shape index (κ1) is 35.4. The van der Waals surface area contributed by atoms with Crippen LogP contribution in [-0.4, -0.2) is 14.1 Å². The maximum Gasteiger partial charge on any atom is 0.268 e. The Morgan fingerprint density at radius 1 is 0.567 bits per heavy atom. The molecule has 7 aromatic carbocycles. The molecule has 0 spiro atoms. The molecule has 0 N–H and O–H groups in total. The maximum absolute atomic E-state index is 6.71. The van der Waals surface area contributed by atoms with Gasteiger partial charge in [-0.2, -0.15) is 18.2 Å². The summed E-state index contributed by atoms with van der Waals surface area (Å²) in [6.07, 6.45) is 10.6. The third kappa shape index (κ3) is 5.14. The average Bonchev–Trinajstić information content (AvgIpc) is 3.82. The van der Waals surface area contributed by atoms with Gasteiger partial charge in [0.1, 0.15) is 5.82 Å². The normalized spacial score (nSPS) is 15.9. The van der Waals surface area contributed by atoms with Crippen LogP contribution in [0.15, 0.2) is 158 Å². The van der Waals surface area contributed by atoms with Crippen LogP contribution in [0.1, 0.15) is 48.6 Å². The quantitative estimate of drug-likeness (QED) is 0.101. The predicted molar refractivity (Wildman–Crippen MR) is 234 cm³/mol. The van der Waals surface area contributed by atoms with Gasteiger partial charge in [0, 0.05) is 43.6 Å². The van der Waals surface area contributed by atoms with Gasteiger partial charge in [-0.3, -0.25) is 4.57 Å². The fraction of sp³-hybridized carbons (Fsp3) is 0.111. The van der Waals surface area contributed by atoms with Gasteiger partial charge in [-0.15, -0.1) is 29.7 Å². The first-order valence-electron chi connectivity index (χ1n) is 20.7. The van der Waals surface area contributed by atoms with Crippen molar-refractivity contribution in [1.29, 1.82) is 0 Å². The summed E-state index contributed by atoms with van der Waals surface area (Å²) in [7, 11) is 0. The van der Waals surface area contributed by atoms with E-state index in [-0.39, 0.29) is 20.4 Å². The third-order valence-corrected chi connectivity index (χ3v) is 13.1. The predicted octanol–water partition coefficient (Wildman–Crippen LogP) is 12.7. The van der Waals surface area contributed by atoms with Crippen LogP contribution in [0.2, 0.25) is 0 Å².